The van der Waals surface area contributed by atoms with E-state index in [2.05, 4.69) is 48.1 Å². The normalized spacial score (nSPS) is 10.4. The zero-order valence-corrected chi connectivity index (χ0v) is 12.8. The molecule has 3 rings (SSSR count). The summed E-state index contributed by atoms with van der Waals surface area (Å²) in [6.45, 7) is 0. The van der Waals surface area contributed by atoms with Gasteiger partial charge in [0, 0.05) is 16.0 Å². The van der Waals surface area contributed by atoms with Crippen LogP contribution in [0.25, 0.3) is 5.95 Å². The zero-order valence-electron chi connectivity index (χ0n) is 10.6. The lowest BCUT2D eigenvalue weighted by molar-refractivity contribution is 0.438. The Hall–Kier alpha value is -2.27. The van der Waals surface area contributed by atoms with E-state index in [1.165, 1.54) is 4.68 Å². The number of nitrogens with two attached hydrogens (primary N) is 1. The smallest absolute Gasteiger partial charge is 0.328 e. The average Bonchev–Trinajstić information content (AvgIpc) is 3.01. The lowest BCUT2D eigenvalue weighted by Gasteiger charge is -2.07. The molecule has 0 aliphatic heterocycles. The number of nitrogens with zero attached hydrogens (tertiary/aromatic N) is 5. The molecule has 2 aromatic heterocycles. The number of halogens is 1. The SMILES string of the molecule is NNc1nc(Oc2cccc(I)c2)nc(-n2cccn2)n1. The summed E-state index contributed by atoms with van der Waals surface area (Å²) in [5.41, 5.74) is 2.38. The van der Waals surface area contributed by atoms with E-state index >= 15 is 0 Å². The highest BCUT2D eigenvalue weighted by Crippen LogP contribution is 2.21. The molecule has 2 heterocycles. The Morgan fingerprint density at radius 2 is 2.10 bits per heavy atom. The molecule has 0 bridgehead atoms. The van der Waals surface area contributed by atoms with E-state index in [9.17, 15) is 0 Å². The number of hydrogen-bond donors (Lipinski definition) is 2. The van der Waals surface area contributed by atoms with Crippen molar-refractivity contribution < 1.29 is 4.74 Å². The van der Waals surface area contributed by atoms with Crippen LogP contribution in [0.15, 0.2) is 42.7 Å². The van der Waals surface area contributed by atoms with Crippen LogP contribution in [-0.4, -0.2) is 24.7 Å². The number of nitrogens with one attached hydrogen (secondary N) is 1. The first-order valence-electron chi connectivity index (χ1n) is 5.91. The fourth-order valence-electron chi connectivity index (χ4n) is 1.58. The van der Waals surface area contributed by atoms with E-state index in [0.717, 1.165) is 3.57 Å². The topological polar surface area (TPSA) is 104 Å². The molecular weight excluding hydrogens is 385 g/mol. The maximum absolute atomic E-state index is 5.64. The van der Waals surface area contributed by atoms with Gasteiger partial charge in [0.15, 0.2) is 0 Å². The predicted octanol–water partition coefficient (Wildman–Crippen LogP) is 1.74. The summed E-state index contributed by atoms with van der Waals surface area (Å²) >= 11 is 2.20. The van der Waals surface area contributed by atoms with E-state index in [1.54, 1.807) is 18.5 Å². The second-order valence-electron chi connectivity index (χ2n) is 3.90. The average molecular weight is 395 g/mol. The maximum atomic E-state index is 5.64. The van der Waals surface area contributed by atoms with Crippen LogP contribution >= 0.6 is 22.6 Å². The van der Waals surface area contributed by atoms with E-state index in [-0.39, 0.29) is 12.0 Å². The van der Waals surface area contributed by atoms with Gasteiger partial charge in [0.25, 0.3) is 5.95 Å². The third-order valence-corrected chi connectivity index (χ3v) is 3.12. The highest BCUT2D eigenvalue weighted by molar-refractivity contribution is 14.1. The van der Waals surface area contributed by atoms with Gasteiger partial charge >= 0.3 is 6.01 Å². The number of ether oxygens (including phenoxy) is 1. The van der Waals surface area contributed by atoms with E-state index in [1.807, 2.05) is 24.3 Å². The minimum atomic E-state index is 0.130. The Morgan fingerprint density at radius 1 is 1.19 bits per heavy atom. The monoisotopic (exact) mass is 395 g/mol. The number of nitrogen functional groups attached to an aromatic ring is 1. The van der Waals surface area contributed by atoms with Crippen LogP contribution in [0, 0.1) is 3.57 Å². The second-order valence-corrected chi connectivity index (χ2v) is 5.14. The van der Waals surface area contributed by atoms with Gasteiger partial charge in [-0.15, -0.1) is 0 Å². The zero-order chi connectivity index (χ0) is 14.7. The third-order valence-electron chi connectivity index (χ3n) is 2.45. The molecule has 0 saturated carbocycles. The third kappa shape index (κ3) is 3.25. The Labute approximate surface area is 133 Å². The van der Waals surface area contributed by atoms with Crippen molar-refractivity contribution in [2.45, 2.75) is 0 Å². The highest BCUT2D eigenvalue weighted by Gasteiger charge is 2.10. The van der Waals surface area contributed by atoms with Gasteiger partial charge in [-0.2, -0.15) is 20.1 Å². The molecule has 0 aliphatic rings. The summed E-state index contributed by atoms with van der Waals surface area (Å²) in [5.74, 6) is 6.50. The molecule has 0 aliphatic carbocycles. The van der Waals surface area contributed by atoms with Crippen molar-refractivity contribution in [1.82, 2.24) is 24.7 Å². The molecular formula is C12H10IN7O. The lowest BCUT2D eigenvalue weighted by atomic mass is 10.3. The second kappa shape index (κ2) is 6.01. The van der Waals surface area contributed by atoms with Crippen molar-refractivity contribution in [3.05, 3.63) is 46.3 Å². The van der Waals surface area contributed by atoms with Gasteiger partial charge in [0.1, 0.15) is 5.75 Å². The molecule has 21 heavy (non-hydrogen) atoms. The van der Waals surface area contributed by atoms with Crippen LogP contribution in [-0.2, 0) is 0 Å². The van der Waals surface area contributed by atoms with E-state index in [0.29, 0.717) is 11.7 Å². The molecule has 0 saturated heterocycles. The number of aromatic nitrogens is 5. The van der Waals surface area contributed by atoms with Crippen molar-refractivity contribution in [3.8, 4) is 17.7 Å². The van der Waals surface area contributed by atoms with Crippen LogP contribution < -0.4 is 16.0 Å². The molecule has 3 N–H and O–H groups in total. The maximum Gasteiger partial charge on any atom is 0.328 e. The van der Waals surface area contributed by atoms with Crippen molar-refractivity contribution in [3.63, 3.8) is 0 Å². The summed E-state index contributed by atoms with van der Waals surface area (Å²) in [6, 6.07) is 9.42. The van der Waals surface area contributed by atoms with Crippen LogP contribution in [0.3, 0.4) is 0 Å². The fourth-order valence-corrected chi connectivity index (χ4v) is 2.10. The Morgan fingerprint density at radius 3 is 2.81 bits per heavy atom. The first-order valence-corrected chi connectivity index (χ1v) is 6.98. The van der Waals surface area contributed by atoms with Gasteiger partial charge in [0.05, 0.1) is 0 Å². The predicted molar refractivity (Wildman–Crippen MR) is 84.0 cm³/mol. The van der Waals surface area contributed by atoms with Crippen molar-refractivity contribution in [2.75, 3.05) is 5.43 Å². The number of benzene rings is 1. The molecule has 0 unspecified atom stereocenters. The first-order chi connectivity index (χ1) is 10.2. The van der Waals surface area contributed by atoms with Crippen LogP contribution in [0.1, 0.15) is 0 Å². The summed E-state index contributed by atoms with van der Waals surface area (Å²) in [5, 5.41) is 4.06. The molecule has 8 nitrogen and oxygen atoms in total. The molecule has 0 radical (unpaired) electrons. The van der Waals surface area contributed by atoms with Gasteiger partial charge in [-0.1, -0.05) is 6.07 Å². The van der Waals surface area contributed by atoms with Crippen LogP contribution in [0.5, 0.6) is 11.8 Å². The van der Waals surface area contributed by atoms with Gasteiger partial charge in [0.2, 0.25) is 5.95 Å². The summed E-state index contributed by atoms with van der Waals surface area (Å²) in [6.07, 6.45) is 3.34. The highest BCUT2D eigenvalue weighted by atomic mass is 127. The van der Waals surface area contributed by atoms with Gasteiger partial charge in [-0.05, 0) is 46.9 Å². The summed E-state index contributed by atoms with van der Waals surface area (Å²) in [4.78, 5) is 12.4. The van der Waals surface area contributed by atoms with Crippen molar-refractivity contribution in [1.29, 1.82) is 0 Å². The Kier molecular flexibility index (Phi) is 3.92. The van der Waals surface area contributed by atoms with E-state index < -0.39 is 0 Å². The van der Waals surface area contributed by atoms with Crippen LogP contribution in [0.2, 0.25) is 0 Å². The molecule has 1 aromatic carbocycles. The molecule has 106 valence electrons. The van der Waals surface area contributed by atoms with Crippen LogP contribution in [0.4, 0.5) is 5.95 Å². The molecule has 0 spiro atoms. The summed E-state index contributed by atoms with van der Waals surface area (Å²) < 4.78 is 8.17. The van der Waals surface area contributed by atoms with Crippen molar-refractivity contribution >= 4 is 28.5 Å². The largest absolute Gasteiger partial charge is 0.424 e. The molecule has 0 atom stereocenters. The number of hydrogen-bond acceptors (Lipinski definition) is 7. The van der Waals surface area contributed by atoms with E-state index in [4.69, 9.17) is 10.6 Å². The first kappa shape index (κ1) is 13.7. The number of rotatable bonds is 4. The molecule has 0 amide bonds. The van der Waals surface area contributed by atoms with Crippen molar-refractivity contribution in [2.24, 2.45) is 5.84 Å². The quantitative estimate of drug-likeness (QED) is 0.394. The number of hydrazine groups is 1. The fraction of sp³-hybridized carbons (Fsp3) is 0. The minimum absolute atomic E-state index is 0.130. The van der Waals surface area contributed by atoms with Gasteiger partial charge in [-0.3, -0.25) is 5.43 Å². The Bertz CT molecular complexity index is 747. The Balaban J connectivity index is 1.96. The number of anilines is 1. The lowest BCUT2D eigenvalue weighted by Crippen LogP contribution is -2.14. The van der Waals surface area contributed by atoms with Gasteiger partial charge < -0.3 is 4.74 Å². The minimum Gasteiger partial charge on any atom is -0.424 e. The summed E-state index contributed by atoms with van der Waals surface area (Å²) in [7, 11) is 0. The van der Waals surface area contributed by atoms with Gasteiger partial charge in [-0.25, -0.2) is 10.5 Å². The molecule has 3 aromatic rings. The molecule has 0 fully saturated rings. The standard InChI is InChI=1S/C12H10IN7O/c13-8-3-1-4-9(7-8)21-12-17-10(19-14)16-11(18-12)20-6-2-5-15-20/h1-7H,14H2,(H,16,17,18,19). The molecule has 9 heteroatoms.